The smallest absolute Gasteiger partial charge is 0.249 e. The normalized spacial score (nSPS) is 13.5. The first-order chi connectivity index (χ1) is 14.0. The molecule has 0 fully saturated rings. The number of benzene rings is 2. The molecule has 144 valence electrons. The highest BCUT2D eigenvalue weighted by molar-refractivity contribution is 7.17. The number of amides is 1. The second kappa shape index (κ2) is 7.61. The Labute approximate surface area is 172 Å². The number of hydrogen-bond donors (Lipinski definition) is 0. The summed E-state index contributed by atoms with van der Waals surface area (Å²) < 4.78 is 13.4. The maximum Gasteiger partial charge on any atom is 0.249 e. The van der Waals surface area contributed by atoms with Crippen molar-refractivity contribution in [2.75, 3.05) is 11.4 Å². The number of nitrogens with zero attached hydrogens (tertiary/aromatic N) is 3. The first-order valence-electron chi connectivity index (χ1n) is 9.18. The van der Waals surface area contributed by atoms with Gasteiger partial charge in [-0.05, 0) is 61.4 Å². The van der Waals surface area contributed by atoms with Crippen molar-refractivity contribution >= 4 is 28.0 Å². The second-order valence-electron chi connectivity index (χ2n) is 6.93. The molecule has 0 saturated carbocycles. The number of carbonyl (C=O) groups excluding carboxylic acids is 1. The van der Waals surface area contributed by atoms with Gasteiger partial charge in [0.15, 0.2) is 0 Å². The van der Waals surface area contributed by atoms with Gasteiger partial charge in [0.2, 0.25) is 5.91 Å². The van der Waals surface area contributed by atoms with Crippen LogP contribution in [-0.2, 0) is 11.3 Å². The quantitative estimate of drug-likeness (QED) is 0.633. The van der Waals surface area contributed by atoms with Crippen LogP contribution in [0.5, 0.6) is 0 Å². The van der Waals surface area contributed by atoms with Crippen molar-refractivity contribution in [1.82, 2.24) is 0 Å². The fourth-order valence-corrected chi connectivity index (χ4v) is 4.60. The van der Waals surface area contributed by atoms with Gasteiger partial charge >= 0.3 is 0 Å². The topological polar surface area (TPSA) is 56.5 Å². The summed E-state index contributed by atoms with van der Waals surface area (Å²) in [6.45, 7) is 4.43. The summed E-state index contributed by atoms with van der Waals surface area (Å²) in [7, 11) is 0. The van der Waals surface area contributed by atoms with Crippen molar-refractivity contribution in [3.8, 4) is 6.07 Å². The summed E-state index contributed by atoms with van der Waals surface area (Å²) >= 11 is 1.56. The van der Waals surface area contributed by atoms with E-state index in [2.05, 4.69) is 11.1 Å². The molecule has 1 aliphatic heterocycles. The molecule has 0 saturated heterocycles. The zero-order chi connectivity index (χ0) is 20.5. The Morgan fingerprint density at radius 3 is 2.69 bits per heavy atom. The predicted molar refractivity (Wildman–Crippen MR) is 113 cm³/mol. The lowest BCUT2D eigenvalue weighted by atomic mass is 9.99. The van der Waals surface area contributed by atoms with Gasteiger partial charge in [0.05, 0.1) is 23.9 Å². The van der Waals surface area contributed by atoms with Crippen LogP contribution < -0.4 is 4.90 Å². The third kappa shape index (κ3) is 3.57. The summed E-state index contributed by atoms with van der Waals surface area (Å²) in [5.74, 6) is -0.413. The highest BCUT2D eigenvalue weighted by Crippen LogP contribution is 2.39. The molecule has 2 heterocycles. The molecule has 3 aromatic rings. The van der Waals surface area contributed by atoms with Crippen molar-refractivity contribution in [1.29, 1.82) is 5.26 Å². The van der Waals surface area contributed by atoms with Crippen LogP contribution in [0.3, 0.4) is 0 Å². The van der Waals surface area contributed by atoms with E-state index in [1.54, 1.807) is 40.5 Å². The summed E-state index contributed by atoms with van der Waals surface area (Å²) in [5, 5.41) is 10.0. The van der Waals surface area contributed by atoms with E-state index in [0.29, 0.717) is 17.8 Å². The summed E-state index contributed by atoms with van der Waals surface area (Å²) in [6.07, 6.45) is 0. The number of anilines is 1. The number of halogens is 1. The molecule has 0 spiro atoms. The predicted octanol–water partition coefficient (Wildman–Crippen LogP) is 4.76. The van der Waals surface area contributed by atoms with Gasteiger partial charge in [0.1, 0.15) is 17.4 Å². The van der Waals surface area contributed by atoms with E-state index in [0.717, 1.165) is 32.1 Å². The number of rotatable bonds is 3. The minimum Gasteiger partial charge on any atom is -0.297 e. The average Bonchev–Trinajstić information content (AvgIpc) is 2.94. The minimum atomic E-state index is -0.309. The van der Waals surface area contributed by atoms with E-state index in [9.17, 15) is 9.18 Å². The fourth-order valence-electron chi connectivity index (χ4n) is 3.43. The Balaban J connectivity index is 1.81. The maximum absolute atomic E-state index is 13.4. The molecule has 0 atom stereocenters. The van der Waals surface area contributed by atoms with Crippen molar-refractivity contribution in [2.24, 2.45) is 4.99 Å². The van der Waals surface area contributed by atoms with Crippen LogP contribution >= 0.6 is 11.3 Å². The highest BCUT2D eigenvalue weighted by Gasteiger charge is 2.29. The van der Waals surface area contributed by atoms with E-state index in [4.69, 9.17) is 5.26 Å². The summed E-state index contributed by atoms with van der Waals surface area (Å²) in [4.78, 5) is 20.4. The zero-order valence-electron chi connectivity index (χ0n) is 16.1. The Hall–Kier alpha value is -3.30. The van der Waals surface area contributed by atoms with Crippen LogP contribution in [0.2, 0.25) is 0 Å². The van der Waals surface area contributed by atoms with E-state index in [-0.39, 0.29) is 18.3 Å². The molecular formula is C23H18FN3OS. The van der Waals surface area contributed by atoms with E-state index >= 15 is 0 Å². The van der Waals surface area contributed by atoms with Crippen molar-refractivity contribution < 1.29 is 9.18 Å². The third-order valence-corrected chi connectivity index (χ3v) is 6.27. The molecule has 0 radical (unpaired) electrons. The van der Waals surface area contributed by atoms with Gasteiger partial charge in [0, 0.05) is 16.0 Å². The van der Waals surface area contributed by atoms with Crippen LogP contribution in [-0.4, -0.2) is 18.2 Å². The number of carbonyl (C=O) groups is 1. The monoisotopic (exact) mass is 403 g/mol. The molecule has 0 N–H and O–H groups in total. The van der Waals surface area contributed by atoms with Gasteiger partial charge in [0.25, 0.3) is 0 Å². The molecule has 0 bridgehead atoms. The van der Waals surface area contributed by atoms with Gasteiger partial charge in [-0.1, -0.05) is 12.1 Å². The molecular weight excluding hydrogens is 385 g/mol. The molecule has 1 aromatic heterocycles. The van der Waals surface area contributed by atoms with E-state index in [1.807, 2.05) is 26.0 Å². The van der Waals surface area contributed by atoms with Gasteiger partial charge in [-0.15, -0.1) is 11.3 Å². The summed E-state index contributed by atoms with van der Waals surface area (Å²) in [5.41, 5.74) is 4.93. The van der Waals surface area contributed by atoms with Crippen LogP contribution in [0.25, 0.3) is 0 Å². The number of aliphatic imine (C=N–C) groups is 1. The van der Waals surface area contributed by atoms with Crippen LogP contribution in [0.4, 0.5) is 9.39 Å². The fraction of sp³-hybridized carbons (Fsp3) is 0.174. The molecule has 1 amide bonds. The lowest BCUT2D eigenvalue weighted by Gasteiger charge is -2.21. The Kier molecular flexibility index (Phi) is 4.99. The van der Waals surface area contributed by atoms with Crippen LogP contribution in [0, 0.1) is 31.0 Å². The van der Waals surface area contributed by atoms with Crippen molar-refractivity contribution in [2.45, 2.75) is 20.4 Å². The lowest BCUT2D eigenvalue weighted by molar-refractivity contribution is -0.117. The molecule has 0 unspecified atom stereocenters. The second-order valence-corrected chi connectivity index (χ2v) is 8.13. The van der Waals surface area contributed by atoms with Crippen LogP contribution in [0.15, 0.2) is 53.5 Å². The van der Waals surface area contributed by atoms with E-state index in [1.165, 1.54) is 12.1 Å². The highest BCUT2D eigenvalue weighted by atomic mass is 32.1. The number of thiophene rings is 1. The zero-order valence-corrected chi connectivity index (χ0v) is 16.9. The standard InChI is InChI=1S/C23H18FN3OS/c1-14-15(2)29-23-21(14)22(18-6-8-19(24)9-7-18)26-12-20(28)27(23)13-17-5-3-4-16(10-17)11-25/h3-10H,12-13H2,1-2H3. The van der Waals surface area contributed by atoms with Crippen molar-refractivity contribution in [3.05, 3.63) is 87.0 Å². The number of aryl methyl sites for hydroxylation is 1. The first-order valence-corrected chi connectivity index (χ1v) is 9.99. The number of fused-ring (bicyclic) bond motifs is 1. The molecule has 2 aromatic carbocycles. The first kappa shape index (κ1) is 19.0. The van der Waals surface area contributed by atoms with Gasteiger partial charge in [-0.2, -0.15) is 5.26 Å². The molecule has 0 aliphatic carbocycles. The molecule has 1 aliphatic rings. The maximum atomic E-state index is 13.4. The van der Waals surface area contributed by atoms with Gasteiger partial charge < -0.3 is 0 Å². The third-order valence-electron chi connectivity index (χ3n) is 5.04. The van der Waals surface area contributed by atoms with Gasteiger partial charge in [-0.25, -0.2) is 4.39 Å². The van der Waals surface area contributed by atoms with E-state index < -0.39 is 0 Å². The van der Waals surface area contributed by atoms with Gasteiger partial charge in [-0.3, -0.25) is 14.7 Å². The largest absolute Gasteiger partial charge is 0.297 e. The minimum absolute atomic E-state index is 0.0184. The number of hydrogen-bond acceptors (Lipinski definition) is 4. The Bertz CT molecular complexity index is 1170. The molecule has 4 rings (SSSR count). The Morgan fingerprint density at radius 1 is 1.21 bits per heavy atom. The SMILES string of the molecule is Cc1sc2c(c1C)C(c1ccc(F)cc1)=NCC(=O)N2Cc1cccc(C#N)c1. The summed E-state index contributed by atoms with van der Waals surface area (Å²) in [6, 6.07) is 15.6. The lowest BCUT2D eigenvalue weighted by Crippen LogP contribution is -2.31. The molecule has 4 nitrogen and oxygen atoms in total. The molecule has 29 heavy (non-hydrogen) atoms. The molecule has 6 heteroatoms. The Morgan fingerprint density at radius 2 is 1.97 bits per heavy atom. The average molecular weight is 403 g/mol. The van der Waals surface area contributed by atoms with Crippen LogP contribution in [0.1, 0.15) is 32.7 Å². The van der Waals surface area contributed by atoms with Crippen molar-refractivity contribution in [3.63, 3.8) is 0 Å². The number of nitriles is 1.